The molecule has 40 heavy (non-hydrogen) atoms. The van der Waals surface area contributed by atoms with E-state index < -0.39 is 16.0 Å². The zero-order valence-corrected chi connectivity index (χ0v) is 25.0. The van der Waals surface area contributed by atoms with Crippen molar-refractivity contribution in [2.24, 2.45) is 5.92 Å². The van der Waals surface area contributed by atoms with Crippen molar-refractivity contribution in [3.63, 3.8) is 0 Å². The van der Waals surface area contributed by atoms with Crippen molar-refractivity contribution in [3.8, 4) is 0 Å². The molecular weight excluding hydrogens is 573 g/mol. The minimum Gasteiger partial charge on any atom is -0.392 e. The minimum atomic E-state index is -2.04. The molecule has 1 amide bonds. The summed E-state index contributed by atoms with van der Waals surface area (Å²) >= 11 is 17.1. The van der Waals surface area contributed by atoms with Gasteiger partial charge in [-0.1, -0.05) is 78.1 Å². The fourth-order valence-electron chi connectivity index (χ4n) is 6.09. The normalized spacial score (nSPS) is 28.2. The van der Waals surface area contributed by atoms with Gasteiger partial charge in [-0.05, 0) is 68.6 Å². The molecule has 0 spiro atoms. The highest BCUT2D eigenvalue weighted by Gasteiger charge is 2.41. The summed E-state index contributed by atoms with van der Waals surface area (Å²) < 4.78 is 11.2. The molecule has 2 aromatic rings. The van der Waals surface area contributed by atoms with E-state index >= 15 is 0 Å². The molecule has 3 heterocycles. The first-order valence-corrected chi connectivity index (χ1v) is 15.3. The standard InChI is InChI=1S/C30H38Cl3N3O4/c1-20-26(18-36-16-4-5-25(36)17-35-14-2-3-15-35)39-28(40-27(20)22-8-6-21(19-37)7-9-22)23-10-12-24(13-11-23)34-29(38)30(31,32)33/h6-13,20,25-28,37H,2-5,14-19H2,1H3,(H,34,38)/t20-,25-,26+,27+,28+/m0/s1. The van der Waals surface area contributed by atoms with Gasteiger partial charge in [0.15, 0.2) is 6.29 Å². The van der Waals surface area contributed by atoms with E-state index in [1.165, 1.54) is 38.8 Å². The molecule has 2 aromatic carbocycles. The molecule has 0 radical (unpaired) electrons. The molecular formula is C30H38Cl3N3O4. The van der Waals surface area contributed by atoms with Crippen LogP contribution in [0.5, 0.6) is 0 Å². The fourth-order valence-corrected chi connectivity index (χ4v) is 6.23. The molecule has 0 unspecified atom stereocenters. The lowest BCUT2D eigenvalue weighted by atomic mass is 9.90. The molecule has 3 aliphatic heterocycles. The number of alkyl halides is 3. The van der Waals surface area contributed by atoms with E-state index in [1.54, 1.807) is 12.1 Å². The number of carbonyl (C=O) groups excluding carboxylic acids is 1. The van der Waals surface area contributed by atoms with Gasteiger partial charge in [-0.25, -0.2) is 0 Å². The summed E-state index contributed by atoms with van der Waals surface area (Å²) in [6.45, 7) is 7.69. The van der Waals surface area contributed by atoms with Crippen LogP contribution < -0.4 is 5.32 Å². The zero-order valence-electron chi connectivity index (χ0n) is 22.8. The Balaban J connectivity index is 1.34. The second kappa shape index (κ2) is 13.3. The van der Waals surface area contributed by atoms with Gasteiger partial charge >= 0.3 is 0 Å². The number of benzene rings is 2. The first-order chi connectivity index (χ1) is 19.2. The monoisotopic (exact) mass is 609 g/mol. The van der Waals surface area contributed by atoms with Crippen molar-refractivity contribution < 1.29 is 19.4 Å². The predicted octanol–water partition coefficient (Wildman–Crippen LogP) is 5.84. The number of anilines is 1. The van der Waals surface area contributed by atoms with Crippen LogP contribution in [-0.4, -0.2) is 69.5 Å². The first kappa shape index (κ1) is 30.1. The second-order valence-corrected chi connectivity index (χ2v) is 13.5. The van der Waals surface area contributed by atoms with Crippen LogP contribution in [0.15, 0.2) is 48.5 Å². The maximum Gasteiger partial charge on any atom is 0.276 e. The number of nitrogens with zero attached hydrogens (tertiary/aromatic N) is 2. The van der Waals surface area contributed by atoms with Crippen molar-refractivity contribution in [2.75, 3.05) is 38.0 Å². The Labute approximate surface area is 251 Å². The Morgan fingerprint density at radius 2 is 1.62 bits per heavy atom. The number of aliphatic hydroxyl groups excluding tert-OH is 1. The number of rotatable bonds is 8. The molecule has 0 aromatic heterocycles. The van der Waals surface area contributed by atoms with Crippen molar-refractivity contribution in [1.82, 2.24) is 9.80 Å². The van der Waals surface area contributed by atoms with Gasteiger partial charge in [0.2, 0.25) is 0 Å². The number of aliphatic hydroxyl groups is 1. The van der Waals surface area contributed by atoms with Gasteiger partial charge < -0.3 is 24.8 Å². The van der Waals surface area contributed by atoms with Crippen molar-refractivity contribution in [3.05, 3.63) is 65.2 Å². The molecule has 10 heteroatoms. The van der Waals surface area contributed by atoms with Gasteiger partial charge in [-0.15, -0.1) is 0 Å². The van der Waals surface area contributed by atoms with Crippen LogP contribution in [-0.2, 0) is 20.9 Å². The maximum atomic E-state index is 12.1. The minimum absolute atomic E-state index is 0.00421. The topological polar surface area (TPSA) is 74.3 Å². The summed E-state index contributed by atoms with van der Waals surface area (Å²) in [5, 5.41) is 12.1. The Hall–Kier alpha value is -1.42. The Kier molecular flexibility index (Phi) is 9.96. The van der Waals surface area contributed by atoms with Crippen LogP contribution in [0.25, 0.3) is 0 Å². The molecule has 3 saturated heterocycles. The van der Waals surface area contributed by atoms with Crippen LogP contribution >= 0.6 is 34.8 Å². The van der Waals surface area contributed by atoms with Gasteiger partial charge in [-0.3, -0.25) is 9.69 Å². The molecule has 0 bridgehead atoms. The molecule has 7 nitrogen and oxygen atoms in total. The van der Waals surface area contributed by atoms with E-state index in [4.69, 9.17) is 44.3 Å². The Morgan fingerprint density at radius 3 is 2.27 bits per heavy atom. The maximum absolute atomic E-state index is 12.1. The highest BCUT2D eigenvalue weighted by molar-refractivity contribution is 6.76. The predicted molar refractivity (Wildman–Crippen MR) is 159 cm³/mol. The second-order valence-electron chi connectivity index (χ2n) is 11.2. The smallest absolute Gasteiger partial charge is 0.276 e. The number of hydrogen-bond acceptors (Lipinski definition) is 6. The lowest BCUT2D eigenvalue weighted by Gasteiger charge is -2.43. The summed E-state index contributed by atoms with van der Waals surface area (Å²) in [5.41, 5.74) is 3.28. The van der Waals surface area contributed by atoms with E-state index in [0.29, 0.717) is 11.7 Å². The quantitative estimate of drug-likeness (QED) is 0.366. The van der Waals surface area contributed by atoms with Crippen LogP contribution in [0.1, 0.15) is 61.7 Å². The van der Waals surface area contributed by atoms with Crippen LogP contribution in [0.3, 0.4) is 0 Å². The number of halogens is 3. The summed E-state index contributed by atoms with van der Waals surface area (Å²) in [6.07, 6.45) is 4.25. The Bertz CT molecular complexity index is 1120. The van der Waals surface area contributed by atoms with Crippen LogP contribution in [0.2, 0.25) is 0 Å². The highest BCUT2D eigenvalue weighted by Crippen LogP contribution is 2.42. The van der Waals surface area contributed by atoms with Crippen molar-refractivity contribution in [2.45, 2.75) is 67.5 Å². The number of amides is 1. The van der Waals surface area contributed by atoms with Crippen LogP contribution in [0, 0.1) is 5.92 Å². The SMILES string of the molecule is C[C@H]1[C@@H](CN2CCC[C@H]2CN2CCCC2)O[C@@H](c2ccc(NC(=O)C(Cl)(Cl)Cl)cc2)O[C@H]1c1ccc(CO)cc1. The summed E-state index contributed by atoms with van der Waals surface area (Å²) in [5.74, 6) is -0.600. The molecule has 218 valence electrons. The van der Waals surface area contributed by atoms with Crippen LogP contribution in [0.4, 0.5) is 5.69 Å². The van der Waals surface area contributed by atoms with Gasteiger partial charge in [0.25, 0.3) is 9.70 Å². The van der Waals surface area contributed by atoms with Gasteiger partial charge in [0.05, 0.1) is 18.8 Å². The van der Waals surface area contributed by atoms with E-state index in [9.17, 15) is 9.90 Å². The average molecular weight is 611 g/mol. The first-order valence-electron chi connectivity index (χ1n) is 14.2. The zero-order chi connectivity index (χ0) is 28.3. The molecule has 3 aliphatic rings. The Morgan fingerprint density at radius 1 is 0.950 bits per heavy atom. The van der Waals surface area contributed by atoms with E-state index in [-0.39, 0.29) is 24.7 Å². The van der Waals surface area contributed by atoms with Gasteiger partial charge in [0.1, 0.15) is 0 Å². The molecule has 0 aliphatic carbocycles. The number of likely N-dealkylation sites (tertiary alicyclic amines) is 2. The van der Waals surface area contributed by atoms with E-state index in [1.807, 2.05) is 36.4 Å². The third-order valence-electron chi connectivity index (χ3n) is 8.40. The molecule has 0 saturated carbocycles. The lowest BCUT2D eigenvalue weighted by molar-refractivity contribution is -0.276. The molecule has 2 N–H and O–H groups in total. The summed E-state index contributed by atoms with van der Waals surface area (Å²) in [6, 6.07) is 15.7. The third-order valence-corrected chi connectivity index (χ3v) is 8.92. The van der Waals surface area contributed by atoms with Crippen molar-refractivity contribution >= 4 is 46.4 Å². The van der Waals surface area contributed by atoms with E-state index in [2.05, 4.69) is 22.0 Å². The summed E-state index contributed by atoms with van der Waals surface area (Å²) in [4.78, 5) is 17.3. The van der Waals surface area contributed by atoms with Gasteiger partial charge in [0, 0.05) is 36.3 Å². The van der Waals surface area contributed by atoms with E-state index in [0.717, 1.165) is 36.3 Å². The van der Waals surface area contributed by atoms with Gasteiger partial charge in [-0.2, -0.15) is 0 Å². The number of nitrogens with one attached hydrogen (secondary N) is 1. The molecule has 5 atom stereocenters. The average Bonchev–Trinajstić information content (AvgIpc) is 3.62. The number of ether oxygens (including phenoxy) is 2. The summed E-state index contributed by atoms with van der Waals surface area (Å²) in [7, 11) is 0. The molecule has 3 fully saturated rings. The fraction of sp³-hybridized carbons (Fsp3) is 0.567. The lowest BCUT2D eigenvalue weighted by Crippen LogP contribution is -2.48. The molecule has 5 rings (SSSR count). The third kappa shape index (κ3) is 7.31. The highest BCUT2D eigenvalue weighted by atomic mass is 35.6. The van der Waals surface area contributed by atoms with Crippen molar-refractivity contribution in [1.29, 1.82) is 0 Å². The number of carbonyl (C=O) groups is 1. The largest absolute Gasteiger partial charge is 0.392 e. The number of hydrogen-bond donors (Lipinski definition) is 2.